The lowest BCUT2D eigenvalue weighted by molar-refractivity contribution is -0.121. The fourth-order valence-corrected chi connectivity index (χ4v) is 4.90. The number of amides is 2. The Kier molecular flexibility index (Phi) is 8.24. The lowest BCUT2D eigenvalue weighted by Gasteiger charge is -2.22. The highest BCUT2D eigenvalue weighted by Crippen LogP contribution is 2.24. The van der Waals surface area contributed by atoms with Crippen LogP contribution < -0.4 is 10.0 Å². The number of aryl methyl sites for hydroxylation is 2. The number of anilines is 1. The minimum absolute atomic E-state index is 0.128. The van der Waals surface area contributed by atoms with E-state index < -0.39 is 21.8 Å². The van der Waals surface area contributed by atoms with Gasteiger partial charge in [0.15, 0.2) is 0 Å². The molecule has 0 spiro atoms. The van der Waals surface area contributed by atoms with Gasteiger partial charge in [-0.05, 0) is 67.8 Å². The average molecular weight is 498 g/mol. The van der Waals surface area contributed by atoms with Crippen molar-refractivity contribution in [1.82, 2.24) is 10.2 Å². The number of para-hydroxylation sites is 1. The van der Waals surface area contributed by atoms with Gasteiger partial charge in [0.1, 0.15) is 5.82 Å². The average Bonchev–Trinajstić information content (AvgIpc) is 2.83. The number of likely N-dealkylation sites (N-methyl/N-ethyl adjacent to an activating group) is 1. The summed E-state index contributed by atoms with van der Waals surface area (Å²) in [4.78, 5) is 27.2. The predicted octanol–water partition coefficient (Wildman–Crippen LogP) is 4.02. The summed E-state index contributed by atoms with van der Waals surface area (Å²) in [6, 6.07) is 17.2. The maximum Gasteiger partial charge on any atom is 0.262 e. The highest BCUT2D eigenvalue weighted by atomic mass is 32.2. The summed E-state index contributed by atoms with van der Waals surface area (Å²) in [7, 11) is -3.95. The number of benzene rings is 3. The van der Waals surface area contributed by atoms with Crippen LogP contribution in [0.1, 0.15) is 34.0 Å². The van der Waals surface area contributed by atoms with Crippen LogP contribution in [0.4, 0.5) is 10.1 Å². The maximum atomic E-state index is 13.3. The second-order valence-corrected chi connectivity index (χ2v) is 9.79. The van der Waals surface area contributed by atoms with Gasteiger partial charge in [0.2, 0.25) is 5.91 Å². The normalized spacial score (nSPS) is 11.1. The van der Waals surface area contributed by atoms with Gasteiger partial charge in [-0.2, -0.15) is 0 Å². The Labute approximate surface area is 205 Å². The summed E-state index contributed by atoms with van der Waals surface area (Å²) < 4.78 is 41.7. The Morgan fingerprint density at radius 2 is 1.66 bits per heavy atom. The van der Waals surface area contributed by atoms with Crippen molar-refractivity contribution in [2.24, 2.45) is 0 Å². The molecule has 0 aromatic heterocycles. The molecule has 3 rings (SSSR count). The van der Waals surface area contributed by atoms with Gasteiger partial charge < -0.3 is 10.2 Å². The van der Waals surface area contributed by atoms with Crippen molar-refractivity contribution in [2.75, 3.05) is 17.8 Å². The van der Waals surface area contributed by atoms with E-state index >= 15 is 0 Å². The smallest absolute Gasteiger partial charge is 0.262 e. The summed E-state index contributed by atoms with van der Waals surface area (Å²) in [6.45, 7) is 5.45. The van der Waals surface area contributed by atoms with Gasteiger partial charge >= 0.3 is 0 Å². The molecule has 0 radical (unpaired) electrons. The standard InChI is InChI=1S/C26H28FN3O4S/c1-4-30(17-25(31)28-16-20-11-13-21(27)14-12-20)26(32)22-7-5-6-8-23(22)29-35(33,34)24-15-18(2)9-10-19(24)3/h5-15,29H,4,16-17H2,1-3H3,(H,28,31). The lowest BCUT2D eigenvalue weighted by atomic mass is 10.1. The first-order valence-electron chi connectivity index (χ1n) is 11.1. The van der Waals surface area contributed by atoms with E-state index in [9.17, 15) is 22.4 Å². The number of carbonyl (C=O) groups excluding carboxylic acids is 2. The van der Waals surface area contributed by atoms with E-state index in [2.05, 4.69) is 10.0 Å². The first-order chi connectivity index (χ1) is 16.6. The molecule has 7 nitrogen and oxygen atoms in total. The molecule has 0 aliphatic heterocycles. The summed E-state index contributed by atoms with van der Waals surface area (Å²) in [5.74, 6) is -1.24. The van der Waals surface area contributed by atoms with Crippen LogP contribution in [0.2, 0.25) is 0 Å². The minimum atomic E-state index is -3.95. The van der Waals surface area contributed by atoms with Crippen LogP contribution in [0.3, 0.4) is 0 Å². The Balaban J connectivity index is 1.75. The summed E-state index contributed by atoms with van der Waals surface area (Å²) in [6.07, 6.45) is 0. The van der Waals surface area contributed by atoms with Gasteiger partial charge in [0.05, 0.1) is 22.7 Å². The van der Waals surface area contributed by atoms with Gasteiger partial charge in [0, 0.05) is 13.1 Å². The van der Waals surface area contributed by atoms with E-state index in [-0.39, 0.29) is 41.6 Å². The molecule has 0 atom stereocenters. The van der Waals surface area contributed by atoms with Gasteiger partial charge in [-0.3, -0.25) is 14.3 Å². The molecular weight excluding hydrogens is 469 g/mol. The molecule has 0 unspecified atom stereocenters. The summed E-state index contributed by atoms with van der Waals surface area (Å²) >= 11 is 0. The van der Waals surface area contributed by atoms with Gasteiger partial charge in [-0.1, -0.05) is 36.4 Å². The number of carbonyl (C=O) groups is 2. The van der Waals surface area contributed by atoms with E-state index in [1.165, 1.54) is 29.2 Å². The van der Waals surface area contributed by atoms with Crippen molar-refractivity contribution in [1.29, 1.82) is 0 Å². The Hall–Kier alpha value is -3.72. The van der Waals surface area contributed by atoms with Crippen molar-refractivity contribution < 1.29 is 22.4 Å². The molecule has 2 N–H and O–H groups in total. The zero-order valence-corrected chi connectivity index (χ0v) is 20.7. The molecule has 0 aliphatic rings. The molecule has 0 heterocycles. The maximum absolute atomic E-state index is 13.3. The minimum Gasteiger partial charge on any atom is -0.350 e. The van der Waals surface area contributed by atoms with Crippen molar-refractivity contribution in [3.8, 4) is 0 Å². The van der Waals surface area contributed by atoms with E-state index in [1.807, 2.05) is 6.07 Å². The van der Waals surface area contributed by atoms with E-state index in [0.29, 0.717) is 5.56 Å². The van der Waals surface area contributed by atoms with Gasteiger partial charge in [-0.15, -0.1) is 0 Å². The fourth-order valence-electron chi connectivity index (χ4n) is 3.48. The Morgan fingerprint density at radius 1 is 0.971 bits per heavy atom. The molecule has 0 saturated heterocycles. The zero-order valence-electron chi connectivity index (χ0n) is 19.8. The number of rotatable bonds is 9. The molecule has 3 aromatic carbocycles. The third-order valence-corrected chi connectivity index (χ3v) is 6.95. The molecular formula is C26H28FN3O4S. The molecule has 0 aliphatic carbocycles. The second-order valence-electron chi connectivity index (χ2n) is 8.14. The van der Waals surface area contributed by atoms with Crippen molar-refractivity contribution in [3.05, 3.63) is 94.8 Å². The molecule has 9 heteroatoms. The molecule has 0 bridgehead atoms. The van der Waals surface area contributed by atoms with Crippen LogP contribution in [0.15, 0.2) is 71.6 Å². The summed E-state index contributed by atoms with van der Waals surface area (Å²) in [5, 5.41) is 2.71. The van der Waals surface area contributed by atoms with Crippen molar-refractivity contribution in [3.63, 3.8) is 0 Å². The third-order valence-electron chi connectivity index (χ3n) is 5.44. The first kappa shape index (κ1) is 25.9. The molecule has 0 saturated carbocycles. The predicted molar refractivity (Wildman–Crippen MR) is 133 cm³/mol. The number of hydrogen-bond donors (Lipinski definition) is 2. The monoisotopic (exact) mass is 497 g/mol. The second kappa shape index (κ2) is 11.1. The molecule has 3 aromatic rings. The molecule has 35 heavy (non-hydrogen) atoms. The number of nitrogens with zero attached hydrogens (tertiary/aromatic N) is 1. The summed E-state index contributed by atoms with van der Waals surface area (Å²) in [5.41, 5.74) is 2.36. The van der Waals surface area contributed by atoms with Gasteiger partial charge in [-0.25, -0.2) is 12.8 Å². The highest BCUT2D eigenvalue weighted by molar-refractivity contribution is 7.92. The molecule has 0 fully saturated rings. The van der Waals surface area contributed by atoms with E-state index in [0.717, 1.165) is 11.1 Å². The van der Waals surface area contributed by atoms with Crippen LogP contribution >= 0.6 is 0 Å². The largest absolute Gasteiger partial charge is 0.350 e. The van der Waals surface area contributed by atoms with E-state index in [4.69, 9.17) is 0 Å². The topological polar surface area (TPSA) is 95.6 Å². The quantitative estimate of drug-likeness (QED) is 0.467. The van der Waals surface area contributed by atoms with Crippen LogP contribution in [0.25, 0.3) is 0 Å². The van der Waals surface area contributed by atoms with E-state index in [1.54, 1.807) is 57.2 Å². The first-order valence-corrected chi connectivity index (χ1v) is 12.6. The number of hydrogen-bond acceptors (Lipinski definition) is 4. The molecule has 2 amide bonds. The number of nitrogens with one attached hydrogen (secondary N) is 2. The van der Waals surface area contributed by atoms with Crippen molar-refractivity contribution in [2.45, 2.75) is 32.2 Å². The highest BCUT2D eigenvalue weighted by Gasteiger charge is 2.24. The van der Waals surface area contributed by atoms with Crippen molar-refractivity contribution >= 4 is 27.5 Å². The van der Waals surface area contributed by atoms with Crippen LogP contribution in [0, 0.1) is 19.7 Å². The molecule has 184 valence electrons. The zero-order chi connectivity index (χ0) is 25.6. The Morgan fingerprint density at radius 3 is 2.34 bits per heavy atom. The Bertz CT molecular complexity index is 1320. The van der Waals surface area contributed by atoms with Gasteiger partial charge in [0.25, 0.3) is 15.9 Å². The lowest BCUT2D eigenvalue weighted by Crippen LogP contribution is -2.40. The number of halogens is 1. The van der Waals surface area contributed by atoms with Crippen LogP contribution in [0.5, 0.6) is 0 Å². The third kappa shape index (κ3) is 6.66. The van der Waals surface area contributed by atoms with Crippen LogP contribution in [-0.2, 0) is 21.4 Å². The number of sulfonamides is 1. The van der Waals surface area contributed by atoms with Crippen LogP contribution in [-0.4, -0.2) is 38.2 Å². The SMILES string of the molecule is CCN(CC(=O)NCc1ccc(F)cc1)C(=O)c1ccccc1NS(=O)(=O)c1cc(C)ccc1C. The fraction of sp³-hybridized carbons (Fsp3) is 0.231.